The van der Waals surface area contributed by atoms with Crippen LogP contribution in [0.3, 0.4) is 0 Å². The van der Waals surface area contributed by atoms with Gasteiger partial charge in [-0.05, 0) is 132 Å². The second-order valence-corrected chi connectivity index (χ2v) is 18.5. The molecular formula is C59H74N4O9. The van der Waals surface area contributed by atoms with Gasteiger partial charge in [-0.25, -0.2) is 4.79 Å². The quantitative estimate of drug-likeness (QED) is 0.0742. The number of ether oxygens (including phenoxy) is 2. The molecule has 2 heterocycles. The van der Waals surface area contributed by atoms with E-state index in [1.165, 1.54) is 58.4 Å². The molecule has 72 heavy (non-hydrogen) atoms. The van der Waals surface area contributed by atoms with E-state index in [1.807, 2.05) is 89.2 Å². The molecule has 384 valence electrons. The van der Waals surface area contributed by atoms with Crippen molar-refractivity contribution in [3.63, 3.8) is 0 Å². The highest BCUT2D eigenvalue weighted by Crippen LogP contribution is 2.32. The zero-order valence-electron chi connectivity index (χ0n) is 42.7. The van der Waals surface area contributed by atoms with E-state index < -0.39 is 30.1 Å². The molecule has 0 bridgehead atoms. The van der Waals surface area contributed by atoms with Crippen molar-refractivity contribution in [2.75, 3.05) is 14.2 Å². The van der Waals surface area contributed by atoms with Crippen LogP contribution in [0.1, 0.15) is 118 Å². The number of hydrogen-bond acceptors (Lipinski definition) is 9. The summed E-state index contributed by atoms with van der Waals surface area (Å²) in [6, 6.07) is 35.5. The van der Waals surface area contributed by atoms with Crippen LogP contribution in [0, 0.1) is 39.5 Å². The fourth-order valence-electron chi connectivity index (χ4n) is 8.18. The largest absolute Gasteiger partial charge is 0.480 e. The monoisotopic (exact) mass is 983 g/mol. The first-order valence-corrected chi connectivity index (χ1v) is 23.9. The molecule has 0 aliphatic rings. The van der Waals surface area contributed by atoms with Crippen LogP contribution in [-0.2, 0) is 28.7 Å². The average molecular weight is 983 g/mol. The number of methoxy groups -OCH3 is 2. The first kappa shape index (κ1) is 58.9. The summed E-state index contributed by atoms with van der Waals surface area (Å²) in [6.07, 6.45) is 4.27. The molecule has 0 saturated heterocycles. The third-order valence-corrected chi connectivity index (χ3v) is 12.1. The minimum Gasteiger partial charge on any atom is -0.480 e. The topological polar surface area (TPSA) is 189 Å². The minimum atomic E-state index is -0.961. The van der Waals surface area contributed by atoms with Crippen LogP contribution in [0.2, 0.25) is 0 Å². The van der Waals surface area contributed by atoms with Gasteiger partial charge in [0, 0.05) is 30.6 Å². The van der Waals surface area contributed by atoms with Crippen LogP contribution < -0.4 is 22.2 Å². The van der Waals surface area contributed by atoms with Gasteiger partial charge in [-0.15, -0.1) is 0 Å². The number of carbonyl (C=O) groups is 4. The molecule has 6 rings (SSSR count). The maximum atomic E-state index is 13.5. The summed E-state index contributed by atoms with van der Waals surface area (Å²) in [5.41, 5.74) is 16.5. The molecule has 13 nitrogen and oxygen atoms in total. The van der Waals surface area contributed by atoms with Gasteiger partial charge in [0.15, 0.2) is 0 Å². The highest BCUT2D eigenvalue weighted by atomic mass is 16.5. The minimum absolute atomic E-state index is 0. The van der Waals surface area contributed by atoms with Crippen molar-refractivity contribution >= 4 is 23.8 Å². The highest BCUT2D eigenvalue weighted by molar-refractivity contribution is 5.82. The fraction of sp³-hybridized carbons (Fsp3) is 0.356. The van der Waals surface area contributed by atoms with Gasteiger partial charge in [0.2, 0.25) is 5.91 Å². The van der Waals surface area contributed by atoms with E-state index in [0.717, 1.165) is 38.9 Å². The van der Waals surface area contributed by atoms with E-state index in [4.69, 9.17) is 15.6 Å². The SMILES string of the molecule is C.CC(C)C[C@@H](C(=O)O)n1ccccc1=O.COC(=O)CC(N)c1ccc(C)c(-c2ccccc2C)c1.COC(=O)CC(NC(=O)C(CC(C)C)n1ccccc1=O)c1ccc(C)c(-c2ccccc2C)c1. The molecule has 3 unspecified atom stereocenters. The van der Waals surface area contributed by atoms with Gasteiger partial charge in [0.25, 0.3) is 11.1 Å². The van der Waals surface area contributed by atoms with Crippen molar-refractivity contribution in [2.45, 2.75) is 113 Å². The van der Waals surface area contributed by atoms with Gasteiger partial charge in [0.1, 0.15) is 12.1 Å². The molecule has 0 aliphatic carbocycles. The Morgan fingerprint density at radius 1 is 0.556 bits per heavy atom. The molecule has 2 aromatic heterocycles. The summed E-state index contributed by atoms with van der Waals surface area (Å²) in [5.74, 6) is -1.57. The van der Waals surface area contributed by atoms with E-state index in [0.29, 0.717) is 12.8 Å². The number of hydrogen-bond donors (Lipinski definition) is 3. The highest BCUT2D eigenvalue weighted by Gasteiger charge is 2.28. The number of rotatable bonds is 17. The number of nitrogens with zero attached hydrogens (tertiary/aromatic N) is 2. The number of nitrogens with one attached hydrogen (secondary N) is 1. The lowest BCUT2D eigenvalue weighted by atomic mass is 9.92. The Hall–Kier alpha value is -7.38. The van der Waals surface area contributed by atoms with Crippen molar-refractivity contribution < 1.29 is 33.8 Å². The molecule has 0 saturated carbocycles. The first-order chi connectivity index (χ1) is 33.7. The van der Waals surface area contributed by atoms with Crippen LogP contribution in [0.15, 0.2) is 143 Å². The number of aromatic nitrogens is 2. The number of aliphatic carboxylic acids is 1. The molecule has 6 aromatic rings. The zero-order chi connectivity index (χ0) is 52.4. The van der Waals surface area contributed by atoms with Gasteiger partial charge in [-0.2, -0.15) is 0 Å². The normalized spacial score (nSPS) is 12.3. The molecule has 0 aliphatic heterocycles. The molecule has 4 atom stereocenters. The molecule has 0 fully saturated rings. The summed E-state index contributed by atoms with van der Waals surface area (Å²) in [6.45, 7) is 16.2. The molecule has 0 spiro atoms. The van der Waals surface area contributed by atoms with E-state index in [-0.39, 0.29) is 61.1 Å². The number of pyridine rings is 2. The number of benzene rings is 4. The van der Waals surface area contributed by atoms with Crippen molar-refractivity contribution in [3.05, 3.63) is 188 Å². The van der Waals surface area contributed by atoms with Crippen molar-refractivity contribution in [1.29, 1.82) is 0 Å². The predicted molar refractivity (Wildman–Crippen MR) is 287 cm³/mol. The van der Waals surface area contributed by atoms with Crippen LogP contribution in [-0.4, -0.2) is 52.3 Å². The fourth-order valence-corrected chi connectivity index (χ4v) is 8.18. The predicted octanol–water partition coefficient (Wildman–Crippen LogP) is 10.8. The smallest absolute Gasteiger partial charge is 0.326 e. The van der Waals surface area contributed by atoms with E-state index in [1.54, 1.807) is 30.5 Å². The van der Waals surface area contributed by atoms with E-state index in [9.17, 15) is 28.8 Å². The maximum absolute atomic E-state index is 13.5. The number of carbonyl (C=O) groups excluding carboxylic acids is 3. The van der Waals surface area contributed by atoms with Crippen LogP contribution in [0.4, 0.5) is 0 Å². The van der Waals surface area contributed by atoms with Crippen molar-refractivity contribution in [3.8, 4) is 22.3 Å². The Kier molecular flexibility index (Phi) is 23.3. The van der Waals surface area contributed by atoms with E-state index >= 15 is 0 Å². The third kappa shape index (κ3) is 16.9. The molecule has 0 radical (unpaired) electrons. The van der Waals surface area contributed by atoms with Crippen molar-refractivity contribution in [1.82, 2.24) is 14.5 Å². The molecule has 1 amide bonds. The summed E-state index contributed by atoms with van der Waals surface area (Å²) >= 11 is 0. The lowest BCUT2D eigenvalue weighted by molar-refractivity contribution is -0.142. The van der Waals surface area contributed by atoms with Crippen LogP contribution in [0.25, 0.3) is 22.3 Å². The summed E-state index contributed by atoms with van der Waals surface area (Å²) in [5, 5.41) is 12.1. The number of nitrogens with two attached hydrogens (primary N) is 1. The number of aryl methyl sites for hydroxylation is 4. The number of carboxylic acids is 1. The standard InChI is InChI=1S/C29H34N2O4.C18H21NO2.C11H15NO3.CH4/c1-19(2)16-26(31-15-9-8-12-27(31)32)29(34)30-25(18-28(33)35-5)22-14-13-21(4)24(17-22)23-11-7-6-10-20(23)3;1-12-6-4-5-7-15(12)16-10-14(9-8-13(16)2)17(19)11-18(20)21-3;1-8(2)7-9(11(14)15)12-6-4-3-5-10(12)13;/h6-15,17,19,25-26H,16,18H2,1-5H3,(H,30,34);4-10,17H,11,19H2,1-3H3;3-6,8-9H,7H2,1-2H3,(H,14,15);1H4/t;;9-;/m..0./s1. The summed E-state index contributed by atoms with van der Waals surface area (Å²) < 4.78 is 12.3. The molecule has 13 heteroatoms. The maximum Gasteiger partial charge on any atom is 0.326 e. The second-order valence-electron chi connectivity index (χ2n) is 18.5. The lowest BCUT2D eigenvalue weighted by Gasteiger charge is -2.25. The lowest BCUT2D eigenvalue weighted by Crippen LogP contribution is -2.40. The van der Waals surface area contributed by atoms with Gasteiger partial charge < -0.3 is 34.8 Å². The first-order valence-electron chi connectivity index (χ1n) is 23.9. The Morgan fingerprint density at radius 3 is 1.40 bits per heavy atom. The number of esters is 2. The van der Waals surface area contributed by atoms with Gasteiger partial charge >= 0.3 is 17.9 Å². The van der Waals surface area contributed by atoms with E-state index in [2.05, 4.69) is 61.2 Å². The Bertz CT molecular complexity index is 2860. The molecular weight excluding hydrogens is 909 g/mol. The zero-order valence-corrected chi connectivity index (χ0v) is 42.7. The number of amides is 1. The molecule has 4 N–H and O–H groups in total. The van der Waals surface area contributed by atoms with Gasteiger partial charge in [-0.3, -0.25) is 24.0 Å². The van der Waals surface area contributed by atoms with Crippen molar-refractivity contribution in [2.24, 2.45) is 17.6 Å². The second kappa shape index (κ2) is 28.5. The Balaban J connectivity index is 0.000000313. The summed E-state index contributed by atoms with van der Waals surface area (Å²) in [7, 11) is 2.71. The van der Waals surface area contributed by atoms with Gasteiger partial charge in [0.05, 0.1) is 33.1 Å². The Morgan fingerprint density at radius 2 is 0.958 bits per heavy atom. The van der Waals surface area contributed by atoms with Crippen LogP contribution in [0.5, 0.6) is 0 Å². The van der Waals surface area contributed by atoms with Gasteiger partial charge in [-0.1, -0.05) is 120 Å². The summed E-state index contributed by atoms with van der Waals surface area (Å²) in [4.78, 5) is 72.2. The average Bonchev–Trinajstić information content (AvgIpc) is 3.33. The van der Waals surface area contributed by atoms with Crippen LogP contribution >= 0.6 is 0 Å². The third-order valence-electron chi connectivity index (χ3n) is 12.1. The Labute approximate surface area is 425 Å². The number of carboxylic acid groups (broad SMARTS) is 1. The molecule has 4 aromatic carbocycles.